The Labute approximate surface area is 118 Å². The predicted octanol–water partition coefficient (Wildman–Crippen LogP) is 1.70. The van der Waals surface area contributed by atoms with E-state index in [9.17, 15) is 14.4 Å². The van der Waals surface area contributed by atoms with Crippen molar-refractivity contribution in [3.05, 3.63) is 0 Å². The topological polar surface area (TPSA) is 102 Å². The minimum atomic E-state index is -1.23. The molecule has 0 rings (SSSR count). The molecular formula is C13H23NO6. The first-order valence-electron chi connectivity index (χ1n) is 6.43. The van der Waals surface area contributed by atoms with Gasteiger partial charge in [0, 0.05) is 6.42 Å². The highest BCUT2D eigenvalue weighted by Gasteiger charge is 2.24. The number of amides is 1. The number of hydrogen-bond acceptors (Lipinski definition) is 5. The number of carbonyl (C=O) groups excluding carboxylic acids is 2. The van der Waals surface area contributed by atoms with Crippen LogP contribution < -0.4 is 5.32 Å². The molecule has 7 heteroatoms. The Morgan fingerprint density at radius 3 is 2.15 bits per heavy atom. The SMILES string of the molecule is CC(C)OC(=O)CC[C@@H](NC(=O)OC(C)(C)C)C(=O)O. The number of alkyl carbamates (subject to hydrolysis) is 1. The van der Waals surface area contributed by atoms with E-state index in [0.717, 1.165) is 0 Å². The maximum Gasteiger partial charge on any atom is 0.408 e. The van der Waals surface area contributed by atoms with E-state index in [4.69, 9.17) is 14.6 Å². The zero-order valence-corrected chi connectivity index (χ0v) is 12.6. The van der Waals surface area contributed by atoms with Crippen molar-refractivity contribution >= 4 is 18.0 Å². The summed E-state index contributed by atoms with van der Waals surface area (Å²) >= 11 is 0. The average molecular weight is 289 g/mol. The van der Waals surface area contributed by atoms with Crippen molar-refractivity contribution in [1.29, 1.82) is 0 Å². The number of ether oxygens (including phenoxy) is 2. The Bertz CT molecular complexity index is 358. The molecule has 20 heavy (non-hydrogen) atoms. The number of rotatable bonds is 6. The van der Waals surface area contributed by atoms with Gasteiger partial charge in [0.1, 0.15) is 11.6 Å². The lowest BCUT2D eigenvalue weighted by molar-refractivity contribution is -0.148. The lowest BCUT2D eigenvalue weighted by Crippen LogP contribution is -2.43. The molecule has 7 nitrogen and oxygen atoms in total. The summed E-state index contributed by atoms with van der Waals surface area (Å²) in [5.41, 5.74) is -0.719. The van der Waals surface area contributed by atoms with E-state index >= 15 is 0 Å². The maximum atomic E-state index is 11.5. The van der Waals surface area contributed by atoms with Gasteiger partial charge in [-0.1, -0.05) is 0 Å². The van der Waals surface area contributed by atoms with Gasteiger partial charge in [-0.2, -0.15) is 0 Å². The molecule has 0 aromatic carbocycles. The zero-order chi connectivity index (χ0) is 15.9. The fourth-order valence-electron chi connectivity index (χ4n) is 1.29. The zero-order valence-electron chi connectivity index (χ0n) is 12.6. The largest absolute Gasteiger partial charge is 0.480 e. The smallest absolute Gasteiger partial charge is 0.408 e. The number of esters is 1. The Morgan fingerprint density at radius 1 is 1.20 bits per heavy atom. The number of aliphatic carboxylic acids is 1. The Morgan fingerprint density at radius 2 is 1.75 bits per heavy atom. The van der Waals surface area contributed by atoms with Crippen molar-refractivity contribution in [3.63, 3.8) is 0 Å². The minimum Gasteiger partial charge on any atom is -0.480 e. The van der Waals surface area contributed by atoms with E-state index in [1.165, 1.54) is 0 Å². The van der Waals surface area contributed by atoms with Crippen LogP contribution in [0.1, 0.15) is 47.5 Å². The van der Waals surface area contributed by atoms with Gasteiger partial charge < -0.3 is 19.9 Å². The number of carboxylic acids is 1. The van der Waals surface area contributed by atoms with Gasteiger partial charge in [0.15, 0.2) is 0 Å². The van der Waals surface area contributed by atoms with Crippen LogP contribution in [0.5, 0.6) is 0 Å². The molecule has 1 atom stereocenters. The van der Waals surface area contributed by atoms with E-state index < -0.39 is 29.7 Å². The van der Waals surface area contributed by atoms with Crippen molar-refractivity contribution in [3.8, 4) is 0 Å². The number of nitrogens with one attached hydrogen (secondary N) is 1. The molecule has 0 aliphatic rings. The summed E-state index contributed by atoms with van der Waals surface area (Å²) in [5.74, 6) is -1.73. The molecule has 1 amide bonds. The quantitative estimate of drug-likeness (QED) is 0.721. The standard InChI is InChI=1S/C13H23NO6/c1-8(2)19-10(15)7-6-9(11(16)17)14-12(18)20-13(3,4)5/h8-9H,6-7H2,1-5H3,(H,14,18)(H,16,17)/t9-/m1/s1. The van der Waals surface area contributed by atoms with Gasteiger partial charge in [-0.05, 0) is 41.0 Å². The third-order valence-corrected chi connectivity index (χ3v) is 1.99. The van der Waals surface area contributed by atoms with Crippen molar-refractivity contribution < 1.29 is 29.0 Å². The Balaban J connectivity index is 4.34. The van der Waals surface area contributed by atoms with Crippen molar-refractivity contribution in [2.24, 2.45) is 0 Å². The van der Waals surface area contributed by atoms with Crippen LogP contribution in [0.15, 0.2) is 0 Å². The molecule has 116 valence electrons. The highest BCUT2D eigenvalue weighted by atomic mass is 16.6. The van der Waals surface area contributed by atoms with E-state index in [2.05, 4.69) is 5.32 Å². The van der Waals surface area contributed by atoms with Crippen LogP contribution in [-0.4, -0.2) is 40.9 Å². The normalized spacial score (nSPS) is 12.7. The van der Waals surface area contributed by atoms with Gasteiger partial charge in [0.05, 0.1) is 6.10 Å². The van der Waals surface area contributed by atoms with Gasteiger partial charge >= 0.3 is 18.0 Å². The number of carbonyl (C=O) groups is 3. The molecule has 0 saturated carbocycles. The van der Waals surface area contributed by atoms with Gasteiger partial charge in [-0.25, -0.2) is 9.59 Å². The first-order chi connectivity index (χ1) is 9.01. The van der Waals surface area contributed by atoms with E-state index in [-0.39, 0.29) is 18.9 Å². The highest BCUT2D eigenvalue weighted by Crippen LogP contribution is 2.08. The molecule has 0 aliphatic heterocycles. The maximum absolute atomic E-state index is 11.5. The molecule has 0 spiro atoms. The summed E-state index contributed by atoms with van der Waals surface area (Å²) < 4.78 is 9.85. The lowest BCUT2D eigenvalue weighted by atomic mass is 10.1. The summed E-state index contributed by atoms with van der Waals surface area (Å²) in [6.07, 6.45) is -1.24. The molecule has 2 N–H and O–H groups in total. The fraction of sp³-hybridized carbons (Fsp3) is 0.769. The summed E-state index contributed by atoms with van der Waals surface area (Å²) in [6.45, 7) is 8.41. The van der Waals surface area contributed by atoms with E-state index in [0.29, 0.717) is 0 Å². The van der Waals surface area contributed by atoms with Crippen molar-refractivity contribution in [2.45, 2.75) is 65.2 Å². The average Bonchev–Trinajstić information content (AvgIpc) is 2.19. The lowest BCUT2D eigenvalue weighted by Gasteiger charge is -2.21. The van der Waals surface area contributed by atoms with Crippen LogP contribution in [0.25, 0.3) is 0 Å². The van der Waals surface area contributed by atoms with Crippen molar-refractivity contribution in [2.75, 3.05) is 0 Å². The molecule has 0 heterocycles. The number of hydrogen-bond donors (Lipinski definition) is 2. The van der Waals surface area contributed by atoms with Gasteiger partial charge in [0.2, 0.25) is 0 Å². The van der Waals surface area contributed by atoms with Crippen LogP contribution >= 0.6 is 0 Å². The third kappa shape index (κ3) is 9.18. The van der Waals surface area contributed by atoms with Crippen LogP contribution in [0.2, 0.25) is 0 Å². The monoisotopic (exact) mass is 289 g/mol. The molecule has 0 saturated heterocycles. The van der Waals surface area contributed by atoms with Gasteiger partial charge in [-0.3, -0.25) is 4.79 Å². The second kappa shape index (κ2) is 7.72. The third-order valence-electron chi connectivity index (χ3n) is 1.99. The van der Waals surface area contributed by atoms with Crippen LogP contribution in [0.3, 0.4) is 0 Å². The second-order valence-electron chi connectivity index (χ2n) is 5.61. The molecule has 0 aromatic rings. The number of carboxylic acid groups (broad SMARTS) is 1. The summed E-state index contributed by atoms with van der Waals surface area (Å²) in [6, 6.07) is -1.19. The first-order valence-corrected chi connectivity index (χ1v) is 6.43. The van der Waals surface area contributed by atoms with Gasteiger partial charge in [0.25, 0.3) is 0 Å². The van der Waals surface area contributed by atoms with Crippen LogP contribution in [-0.2, 0) is 19.1 Å². The van der Waals surface area contributed by atoms with Crippen LogP contribution in [0, 0.1) is 0 Å². The Hall–Kier alpha value is -1.79. The molecule has 0 fully saturated rings. The predicted molar refractivity (Wildman–Crippen MR) is 71.3 cm³/mol. The van der Waals surface area contributed by atoms with Crippen LogP contribution in [0.4, 0.5) is 4.79 Å². The van der Waals surface area contributed by atoms with E-state index in [1.807, 2.05) is 0 Å². The molecule has 0 aromatic heterocycles. The molecule has 0 radical (unpaired) electrons. The van der Waals surface area contributed by atoms with Gasteiger partial charge in [-0.15, -0.1) is 0 Å². The van der Waals surface area contributed by atoms with Crippen molar-refractivity contribution in [1.82, 2.24) is 5.32 Å². The molecule has 0 bridgehead atoms. The summed E-state index contributed by atoms with van der Waals surface area (Å²) in [7, 11) is 0. The summed E-state index contributed by atoms with van der Waals surface area (Å²) in [4.78, 5) is 33.8. The molecule has 0 unspecified atom stereocenters. The fourth-order valence-corrected chi connectivity index (χ4v) is 1.29. The Kier molecular flexibility index (Phi) is 7.02. The molecular weight excluding hydrogens is 266 g/mol. The highest BCUT2D eigenvalue weighted by molar-refractivity contribution is 5.80. The molecule has 0 aliphatic carbocycles. The van der Waals surface area contributed by atoms with E-state index in [1.54, 1.807) is 34.6 Å². The summed E-state index contributed by atoms with van der Waals surface area (Å²) in [5, 5.41) is 11.2. The minimum absolute atomic E-state index is 0.0554. The second-order valence-corrected chi connectivity index (χ2v) is 5.61. The first kappa shape index (κ1) is 18.2.